The molecule has 2 aliphatic heterocycles. The molecule has 0 saturated carbocycles. The minimum Gasteiger partial charge on any atom is -0.466 e. The largest absolute Gasteiger partial charge is 0.466 e. The molecule has 1 aromatic heterocycles. The molecule has 1 atom stereocenters. The smallest absolute Gasteiger partial charge is 0.324 e. The Morgan fingerprint density at radius 3 is 2.67 bits per heavy atom. The number of aromatic nitrogens is 1. The van der Waals surface area contributed by atoms with Gasteiger partial charge in [-0.25, -0.2) is 4.79 Å². The highest BCUT2D eigenvalue weighted by Crippen LogP contribution is 2.26. The topological polar surface area (TPSA) is 95.1 Å². The number of hydrogen-bond acceptors (Lipinski definition) is 6. The Labute approximate surface area is 212 Å². The van der Waals surface area contributed by atoms with Crippen molar-refractivity contribution in [3.8, 4) is 0 Å². The van der Waals surface area contributed by atoms with Crippen molar-refractivity contribution in [2.24, 2.45) is 0 Å². The highest BCUT2D eigenvalue weighted by atomic mass is 16.5. The maximum absolute atomic E-state index is 13.1. The third-order valence-electron chi connectivity index (χ3n) is 6.83. The van der Waals surface area contributed by atoms with Gasteiger partial charge in [0.05, 0.1) is 19.1 Å². The van der Waals surface area contributed by atoms with Gasteiger partial charge in [0.2, 0.25) is 5.91 Å². The number of benzene rings is 1. The SMILES string of the molecule is CCOC(=O)CC(NC(=O)CCN1CCN(c2ccc3c(c2)CCN(C)CC3)C1=O)c1cccnc1. The Hall–Kier alpha value is -3.46. The molecule has 2 aromatic rings. The van der Waals surface area contributed by atoms with Gasteiger partial charge in [0.1, 0.15) is 0 Å². The van der Waals surface area contributed by atoms with Crippen LogP contribution >= 0.6 is 0 Å². The number of nitrogens with one attached hydrogen (secondary N) is 1. The van der Waals surface area contributed by atoms with Crippen molar-refractivity contribution < 1.29 is 19.1 Å². The second-order valence-corrected chi connectivity index (χ2v) is 9.34. The molecule has 36 heavy (non-hydrogen) atoms. The van der Waals surface area contributed by atoms with Gasteiger partial charge in [0.15, 0.2) is 0 Å². The first-order valence-electron chi connectivity index (χ1n) is 12.7. The summed E-state index contributed by atoms with van der Waals surface area (Å²) in [7, 11) is 2.14. The van der Waals surface area contributed by atoms with Gasteiger partial charge in [-0.2, -0.15) is 0 Å². The van der Waals surface area contributed by atoms with Crippen LogP contribution in [-0.2, 0) is 27.2 Å². The monoisotopic (exact) mass is 493 g/mol. The number of ether oxygens (including phenoxy) is 1. The Balaban J connectivity index is 1.33. The van der Waals surface area contributed by atoms with Crippen molar-refractivity contribution in [1.82, 2.24) is 20.1 Å². The fraction of sp³-hybridized carbons (Fsp3) is 0.481. The first kappa shape index (κ1) is 25.6. The Morgan fingerprint density at radius 1 is 1.11 bits per heavy atom. The number of fused-ring (bicyclic) bond motifs is 1. The molecule has 1 saturated heterocycles. The number of carbonyl (C=O) groups is 3. The molecule has 3 heterocycles. The lowest BCUT2D eigenvalue weighted by molar-refractivity contribution is -0.143. The van der Waals surface area contributed by atoms with E-state index in [0.29, 0.717) is 19.6 Å². The van der Waals surface area contributed by atoms with Crippen LogP contribution in [0.25, 0.3) is 0 Å². The van der Waals surface area contributed by atoms with Crippen LogP contribution in [0, 0.1) is 0 Å². The maximum Gasteiger partial charge on any atom is 0.324 e. The Morgan fingerprint density at radius 2 is 1.92 bits per heavy atom. The van der Waals surface area contributed by atoms with E-state index in [4.69, 9.17) is 4.74 Å². The standard InChI is InChI=1S/C27H35N5O4/c1-3-36-26(34)18-24(22-5-4-11-28-19-22)29-25(33)10-14-31-15-16-32(27(31)35)23-7-6-20-8-12-30(2)13-9-21(20)17-23/h4-7,11,17,19,24H,3,8-10,12-16,18H2,1-2H3,(H,29,33). The fourth-order valence-corrected chi connectivity index (χ4v) is 4.74. The van der Waals surface area contributed by atoms with Crippen molar-refractivity contribution in [3.05, 3.63) is 59.4 Å². The number of rotatable bonds is 9. The second kappa shape index (κ2) is 12.0. The predicted octanol–water partition coefficient (Wildman–Crippen LogP) is 2.55. The van der Waals surface area contributed by atoms with Crippen LogP contribution in [0.1, 0.15) is 42.5 Å². The summed E-state index contributed by atoms with van der Waals surface area (Å²) >= 11 is 0. The molecule has 0 aliphatic carbocycles. The summed E-state index contributed by atoms with van der Waals surface area (Å²) in [5.41, 5.74) is 4.32. The number of carbonyl (C=O) groups excluding carboxylic acids is 3. The summed E-state index contributed by atoms with van der Waals surface area (Å²) in [5, 5.41) is 2.91. The van der Waals surface area contributed by atoms with E-state index < -0.39 is 6.04 Å². The molecule has 0 bridgehead atoms. The average Bonchev–Trinajstić information content (AvgIpc) is 3.14. The summed E-state index contributed by atoms with van der Waals surface area (Å²) in [4.78, 5) is 47.9. The number of nitrogens with zero attached hydrogens (tertiary/aromatic N) is 4. The minimum atomic E-state index is -0.533. The maximum atomic E-state index is 13.1. The summed E-state index contributed by atoms with van der Waals surface area (Å²) in [5.74, 6) is -0.613. The zero-order valence-corrected chi connectivity index (χ0v) is 21.1. The van der Waals surface area contributed by atoms with Crippen LogP contribution in [0.2, 0.25) is 0 Å². The van der Waals surface area contributed by atoms with Crippen LogP contribution in [0.5, 0.6) is 0 Å². The van der Waals surface area contributed by atoms with E-state index in [9.17, 15) is 14.4 Å². The highest BCUT2D eigenvalue weighted by Gasteiger charge is 2.30. The second-order valence-electron chi connectivity index (χ2n) is 9.34. The fourth-order valence-electron chi connectivity index (χ4n) is 4.74. The Bertz CT molecular complexity index is 1080. The molecule has 9 nitrogen and oxygen atoms in total. The molecule has 4 rings (SSSR count). The summed E-state index contributed by atoms with van der Waals surface area (Å²) in [6.07, 6.45) is 5.45. The van der Waals surface area contributed by atoms with Crippen LogP contribution in [0.15, 0.2) is 42.7 Å². The lowest BCUT2D eigenvalue weighted by Crippen LogP contribution is -2.36. The first-order valence-corrected chi connectivity index (χ1v) is 12.7. The van der Waals surface area contributed by atoms with Gasteiger partial charge in [-0.1, -0.05) is 12.1 Å². The summed E-state index contributed by atoms with van der Waals surface area (Å²) < 4.78 is 5.06. The first-order chi connectivity index (χ1) is 17.4. The number of urea groups is 1. The number of hydrogen-bond donors (Lipinski definition) is 1. The van der Waals surface area contributed by atoms with Crippen molar-refractivity contribution in [2.75, 3.05) is 51.3 Å². The summed E-state index contributed by atoms with van der Waals surface area (Å²) in [6, 6.07) is 9.30. The molecule has 9 heteroatoms. The molecule has 1 N–H and O–H groups in total. The van der Waals surface area contributed by atoms with E-state index in [2.05, 4.69) is 34.4 Å². The zero-order valence-electron chi connectivity index (χ0n) is 21.1. The zero-order chi connectivity index (χ0) is 25.5. The van der Waals surface area contributed by atoms with E-state index in [-0.39, 0.29) is 37.4 Å². The van der Waals surface area contributed by atoms with Gasteiger partial charge in [0.25, 0.3) is 0 Å². The van der Waals surface area contributed by atoms with Crippen LogP contribution in [0.4, 0.5) is 10.5 Å². The Kier molecular flexibility index (Phi) is 8.53. The van der Waals surface area contributed by atoms with Crippen LogP contribution < -0.4 is 10.2 Å². The predicted molar refractivity (Wildman–Crippen MR) is 137 cm³/mol. The van der Waals surface area contributed by atoms with Gasteiger partial charge in [-0.3, -0.25) is 19.5 Å². The third-order valence-corrected chi connectivity index (χ3v) is 6.83. The molecule has 3 amide bonds. The number of anilines is 1. The minimum absolute atomic E-state index is 0.0236. The lowest BCUT2D eigenvalue weighted by atomic mass is 10.0. The van der Waals surface area contributed by atoms with E-state index >= 15 is 0 Å². The number of pyridine rings is 1. The quantitative estimate of drug-likeness (QED) is 0.540. The number of esters is 1. The molecule has 1 aromatic carbocycles. The van der Waals surface area contributed by atoms with Gasteiger partial charge >= 0.3 is 12.0 Å². The molecule has 1 fully saturated rings. The molecule has 2 aliphatic rings. The number of likely N-dealkylation sites (N-methyl/N-ethyl adjacent to an activating group) is 1. The molecule has 192 valence electrons. The number of amides is 3. The van der Waals surface area contributed by atoms with Crippen molar-refractivity contribution >= 4 is 23.6 Å². The van der Waals surface area contributed by atoms with Crippen molar-refractivity contribution in [1.29, 1.82) is 0 Å². The summed E-state index contributed by atoms with van der Waals surface area (Å²) in [6.45, 7) is 5.57. The third kappa shape index (κ3) is 6.40. The lowest BCUT2D eigenvalue weighted by Gasteiger charge is -2.21. The van der Waals surface area contributed by atoms with Gasteiger partial charge < -0.3 is 19.9 Å². The highest BCUT2D eigenvalue weighted by molar-refractivity contribution is 5.94. The van der Waals surface area contributed by atoms with Gasteiger partial charge in [-0.15, -0.1) is 0 Å². The van der Waals surface area contributed by atoms with E-state index in [0.717, 1.165) is 37.2 Å². The molecular weight excluding hydrogens is 458 g/mol. The van der Waals surface area contributed by atoms with E-state index in [1.807, 2.05) is 12.1 Å². The van der Waals surface area contributed by atoms with Crippen molar-refractivity contribution in [3.63, 3.8) is 0 Å². The average molecular weight is 494 g/mol. The molecule has 0 spiro atoms. The van der Waals surface area contributed by atoms with Gasteiger partial charge in [0, 0.05) is 57.2 Å². The normalized spacial score (nSPS) is 16.9. The molecule has 1 unspecified atom stereocenters. The van der Waals surface area contributed by atoms with E-state index in [1.165, 1.54) is 11.1 Å². The van der Waals surface area contributed by atoms with Gasteiger partial charge in [-0.05, 0) is 61.7 Å². The van der Waals surface area contributed by atoms with Crippen LogP contribution in [-0.4, -0.2) is 79.1 Å². The van der Waals surface area contributed by atoms with E-state index in [1.54, 1.807) is 35.2 Å². The van der Waals surface area contributed by atoms with Crippen LogP contribution in [0.3, 0.4) is 0 Å². The molecular formula is C27H35N5O4. The van der Waals surface area contributed by atoms with Crippen molar-refractivity contribution in [2.45, 2.75) is 38.6 Å². The molecule has 0 radical (unpaired) electrons.